The highest BCUT2D eigenvalue weighted by Gasteiger charge is 2.27. The van der Waals surface area contributed by atoms with E-state index >= 15 is 0 Å². The molecule has 0 aliphatic carbocycles. The van der Waals surface area contributed by atoms with E-state index < -0.39 is 0 Å². The Morgan fingerprint density at radius 2 is 1.97 bits per heavy atom. The Morgan fingerprint density at radius 3 is 2.56 bits per heavy atom. The predicted molar refractivity (Wildman–Crippen MR) is 137 cm³/mol. The van der Waals surface area contributed by atoms with E-state index in [0.29, 0.717) is 24.2 Å². The Bertz CT molecular complexity index is 822. The summed E-state index contributed by atoms with van der Waals surface area (Å²) in [7, 11) is 1.76. The van der Waals surface area contributed by atoms with Crippen molar-refractivity contribution in [3.8, 4) is 5.69 Å². The maximum absolute atomic E-state index is 14.5. The Kier molecular flexibility index (Phi) is 11.4. The molecule has 7 nitrogen and oxygen atoms in total. The summed E-state index contributed by atoms with van der Waals surface area (Å²) in [6.07, 6.45) is 7.25. The van der Waals surface area contributed by atoms with E-state index in [1.807, 2.05) is 6.07 Å². The van der Waals surface area contributed by atoms with Crippen molar-refractivity contribution in [3.05, 3.63) is 48.3 Å². The van der Waals surface area contributed by atoms with E-state index in [4.69, 9.17) is 4.74 Å². The van der Waals surface area contributed by atoms with Crippen LogP contribution >= 0.6 is 24.0 Å². The highest BCUT2D eigenvalue weighted by molar-refractivity contribution is 14.0. The molecule has 0 amide bonds. The van der Waals surface area contributed by atoms with Crippen molar-refractivity contribution in [2.24, 2.45) is 10.9 Å². The van der Waals surface area contributed by atoms with Crippen LogP contribution in [0.3, 0.4) is 0 Å². The van der Waals surface area contributed by atoms with Gasteiger partial charge in [0.2, 0.25) is 0 Å². The second-order valence-electron chi connectivity index (χ2n) is 7.85. The average molecular weight is 558 g/mol. The quantitative estimate of drug-likeness (QED) is 0.281. The van der Waals surface area contributed by atoms with Crippen LogP contribution in [0.25, 0.3) is 5.69 Å². The topological polar surface area (TPSA) is 66.7 Å². The number of ether oxygens (including phenoxy) is 1. The lowest BCUT2D eigenvalue weighted by molar-refractivity contribution is 0.00272. The molecule has 1 aliphatic heterocycles. The summed E-state index contributed by atoms with van der Waals surface area (Å²) in [6, 6.07) is 5.67. The van der Waals surface area contributed by atoms with Crippen LogP contribution in [0.1, 0.15) is 32.3 Å². The molecule has 0 radical (unpaired) electrons. The average Bonchev–Trinajstić information content (AvgIpc) is 3.33. The first-order valence-electron chi connectivity index (χ1n) is 11.2. The van der Waals surface area contributed by atoms with Crippen LogP contribution in [0.15, 0.2) is 41.9 Å². The fraction of sp³-hybridized carbons (Fsp3) is 0.565. The molecule has 2 aromatic rings. The van der Waals surface area contributed by atoms with Gasteiger partial charge in [0.05, 0.1) is 25.2 Å². The van der Waals surface area contributed by atoms with Crippen LogP contribution in [-0.2, 0) is 11.3 Å². The van der Waals surface area contributed by atoms with Gasteiger partial charge in [-0.05, 0) is 23.6 Å². The zero-order valence-corrected chi connectivity index (χ0v) is 21.6. The normalized spacial score (nSPS) is 16.0. The van der Waals surface area contributed by atoms with Crippen LogP contribution in [0.4, 0.5) is 4.39 Å². The molecule has 2 N–H and O–H groups in total. The predicted octanol–water partition coefficient (Wildman–Crippen LogP) is 3.43. The first-order valence-corrected chi connectivity index (χ1v) is 11.2. The minimum Gasteiger partial charge on any atom is -0.379 e. The van der Waals surface area contributed by atoms with Crippen molar-refractivity contribution in [3.63, 3.8) is 0 Å². The van der Waals surface area contributed by atoms with Crippen molar-refractivity contribution < 1.29 is 9.13 Å². The first-order chi connectivity index (χ1) is 15.2. The van der Waals surface area contributed by atoms with E-state index in [9.17, 15) is 4.39 Å². The minimum absolute atomic E-state index is 0. The number of guanidine groups is 1. The summed E-state index contributed by atoms with van der Waals surface area (Å²) < 4.78 is 21.7. The lowest BCUT2D eigenvalue weighted by atomic mass is 9.92. The summed E-state index contributed by atoms with van der Waals surface area (Å²) in [5.41, 5.74) is 1.34. The van der Waals surface area contributed by atoms with Gasteiger partial charge in [-0.25, -0.2) is 9.37 Å². The fourth-order valence-corrected chi connectivity index (χ4v) is 4.21. The number of morpholine rings is 1. The molecule has 1 aromatic carbocycles. The SMILES string of the molecule is CCC(CC)C(CNC(=NC)NCc1ccc(-n2ccnc2)c(F)c1)N1CCOCC1.I. The van der Waals surface area contributed by atoms with Crippen LogP contribution in [-0.4, -0.2) is 66.3 Å². The smallest absolute Gasteiger partial charge is 0.191 e. The van der Waals surface area contributed by atoms with Crippen LogP contribution < -0.4 is 10.6 Å². The maximum Gasteiger partial charge on any atom is 0.191 e. The third kappa shape index (κ3) is 7.14. The van der Waals surface area contributed by atoms with Gasteiger partial charge in [-0.3, -0.25) is 9.89 Å². The second kappa shape index (κ2) is 13.7. The van der Waals surface area contributed by atoms with Gasteiger partial charge in [-0.2, -0.15) is 0 Å². The van der Waals surface area contributed by atoms with Gasteiger partial charge in [0.25, 0.3) is 0 Å². The molecule has 1 atom stereocenters. The van der Waals surface area contributed by atoms with Gasteiger partial charge in [0.1, 0.15) is 5.82 Å². The minimum atomic E-state index is -0.277. The van der Waals surface area contributed by atoms with E-state index in [2.05, 4.69) is 39.4 Å². The lowest BCUT2D eigenvalue weighted by Crippen LogP contribution is -2.53. The standard InChI is InChI=1S/C23H35FN6O.HI/c1-4-19(5-2)22(29-10-12-31-13-11-29)16-28-23(25-3)27-15-18-6-7-21(20(24)14-18)30-9-8-26-17-30;/h6-9,14,17,19,22H,4-5,10-13,15-16H2,1-3H3,(H2,25,27,28);1H. The third-order valence-electron chi connectivity index (χ3n) is 6.06. The first kappa shape index (κ1) is 26.5. The lowest BCUT2D eigenvalue weighted by Gasteiger charge is -2.39. The summed E-state index contributed by atoms with van der Waals surface area (Å²) in [4.78, 5) is 10.9. The molecule has 3 rings (SSSR count). The molecule has 1 fully saturated rings. The largest absolute Gasteiger partial charge is 0.379 e. The zero-order chi connectivity index (χ0) is 22.1. The fourth-order valence-electron chi connectivity index (χ4n) is 4.21. The second-order valence-corrected chi connectivity index (χ2v) is 7.85. The molecule has 32 heavy (non-hydrogen) atoms. The molecule has 1 saturated heterocycles. The number of halogens is 2. The number of nitrogens with zero attached hydrogens (tertiary/aromatic N) is 4. The number of nitrogens with one attached hydrogen (secondary N) is 2. The van der Waals surface area contributed by atoms with Gasteiger partial charge in [0, 0.05) is 51.7 Å². The van der Waals surface area contributed by atoms with E-state index in [1.54, 1.807) is 42.5 Å². The van der Waals surface area contributed by atoms with E-state index in [-0.39, 0.29) is 29.8 Å². The van der Waals surface area contributed by atoms with Crippen molar-refractivity contribution in [2.45, 2.75) is 39.3 Å². The molecule has 178 valence electrons. The Balaban J connectivity index is 0.00000363. The highest BCUT2D eigenvalue weighted by atomic mass is 127. The zero-order valence-electron chi connectivity index (χ0n) is 19.3. The summed E-state index contributed by atoms with van der Waals surface area (Å²) >= 11 is 0. The molecular formula is C23H36FIN6O. The number of hydrogen-bond acceptors (Lipinski definition) is 4. The summed E-state index contributed by atoms with van der Waals surface area (Å²) in [5, 5.41) is 6.80. The van der Waals surface area contributed by atoms with Crippen molar-refractivity contribution in [2.75, 3.05) is 39.9 Å². The van der Waals surface area contributed by atoms with Crippen LogP contribution in [0.5, 0.6) is 0 Å². The molecule has 1 aromatic heterocycles. The monoisotopic (exact) mass is 558 g/mol. The van der Waals surface area contributed by atoms with Gasteiger partial charge in [0.15, 0.2) is 5.96 Å². The third-order valence-corrected chi connectivity index (χ3v) is 6.06. The number of rotatable bonds is 9. The Morgan fingerprint density at radius 1 is 1.22 bits per heavy atom. The summed E-state index contributed by atoms with van der Waals surface area (Å²) in [5.74, 6) is 1.07. The van der Waals surface area contributed by atoms with Crippen LogP contribution in [0.2, 0.25) is 0 Å². The highest BCUT2D eigenvalue weighted by Crippen LogP contribution is 2.19. The van der Waals surface area contributed by atoms with Crippen LogP contribution in [0, 0.1) is 11.7 Å². The number of hydrogen-bond donors (Lipinski definition) is 2. The molecule has 0 saturated carbocycles. The summed E-state index contributed by atoms with van der Waals surface area (Å²) in [6.45, 7) is 9.37. The number of aromatic nitrogens is 2. The van der Waals surface area contributed by atoms with E-state index in [0.717, 1.165) is 57.2 Å². The Hall–Kier alpha value is -1.72. The molecule has 1 unspecified atom stereocenters. The molecule has 1 aliphatic rings. The van der Waals surface area contributed by atoms with Crippen molar-refractivity contribution in [1.82, 2.24) is 25.1 Å². The molecule has 0 bridgehead atoms. The number of benzene rings is 1. The molecule has 2 heterocycles. The number of aliphatic imine (C=N–C) groups is 1. The van der Waals surface area contributed by atoms with Gasteiger partial charge in [-0.1, -0.05) is 32.8 Å². The number of imidazole rings is 1. The molecular weight excluding hydrogens is 522 g/mol. The van der Waals surface area contributed by atoms with E-state index in [1.165, 1.54) is 0 Å². The maximum atomic E-state index is 14.5. The van der Waals surface area contributed by atoms with Crippen molar-refractivity contribution >= 4 is 29.9 Å². The molecule has 0 spiro atoms. The van der Waals surface area contributed by atoms with Crippen molar-refractivity contribution in [1.29, 1.82) is 0 Å². The molecule has 9 heteroatoms. The van der Waals surface area contributed by atoms with Gasteiger partial charge in [-0.15, -0.1) is 24.0 Å². The van der Waals surface area contributed by atoms with Gasteiger partial charge >= 0.3 is 0 Å². The Labute approximate surface area is 207 Å². The van der Waals surface area contributed by atoms with Gasteiger partial charge < -0.3 is 19.9 Å².